The van der Waals surface area contributed by atoms with Gasteiger partial charge < -0.3 is 25.8 Å². The molecule has 3 N–H and O–H groups in total. The maximum Gasteiger partial charge on any atom is 0.315 e. The average molecular weight is 740 g/mol. The largest absolute Gasteiger partial charge is 0.347 e. The number of fused-ring (bicyclic) bond motifs is 1. The van der Waals surface area contributed by atoms with Gasteiger partial charge in [0.1, 0.15) is 12.1 Å². The second-order valence-corrected chi connectivity index (χ2v) is 16.9. The lowest BCUT2D eigenvalue weighted by Gasteiger charge is -2.37. The van der Waals surface area contributed by atoms with E-state index in [1.54, 1.807) is 49.3 Å². The predicted molar refractivity (Wildman–Crippen MR) is 206 cm³/mol. The van der Waals surface area contributed by atoms with Crippen molar-refractivity contribution < 1.29 is 33.6 Å². The van der Waals surface area contributed by atoms with Gasteiger partial charge in [-0.3, -0.25) is 28.8 Å². The Hall–Kier alpha value is -4.09. The van der Waals surface area contributed by atoms with Gasteiger partial charge in [-0.1, -0.05) is 91.1 Å². The number of nitrogens with zero attached hydrogens (tertiary/aromatic N) is 2. The number of rotatable bonds is 16. The fourth-order valence-corrected chi connectivity index (χ4v) is 6.57. The molecule has 0 spiro atoms. The van der Waals surface area contributed by atoms with Gasteiger partial charge in [-0.05, 0) is 56.4 Å². The number of piperidine rings is 1. The first-order valence-corrected chi connectivity index (χ1v) is 19.2. The number of ketones is 3. The Kier molecular flexibility index (Phi) is 16.9. The van der Waals surface area contributed by atoms with Gasteiger partial charge in [-0.15, -0.1) is 0 Å². The number of unbranched alkanes of at least 4 members (excludes halogenated alkanes) is 1. The molecule has 0 radical (unpaired) electrons. The molecule has 6 atom stereocenters. The Morgan fingerprint density at radius 3 is 2.02 bits per heavy atom. The summed E-state index contributed by atoms with van der Waals surface area (Å²) in [6.45, 7) is 17.7. The van der Waals surface area contributed by atoms with Crippen molar-refractivity contribution in [2.45, 2.75) is 137 Å². The van der Waals surface area contributed by atoms with Crippen molar-refractivity contribution in [1.29, 1.82) is 0 Å². The number of carbonyl (C=O) groups is 7. The van der Waals surface area contributed by atoms with Crippen LogP contribution in [0.3, 0.4) is 0 Å². The molecule has 1 heterocycles. The average Bonchev–Trinajstić information content (AvgIpc) is 3.73. The van der Waals surface area contributed by atoms with Crippen LogP contribution in [0.15, 0.2) is 30.3 Å². The fourth-order valence-electron chi connectivity index (χ4n) is 6.57. The van der Waals surface area contributed by atoms with Crippen LogP contribution in [0.2, 0.25) is 0 Å². The minimum atomic E-state index is -0.941. The van der Waals surface area contributed by atoms with Crippen molar-refractivity contribution in [1.82, 2.24) is 25.8 Å². The third kappa shape index (κ3) is 13.7. The van der Waals surface area contributed by atoms with Crippen LogP contribution in [0.1, 0.15) is 125 Å². The van der Waals surface area contributed by atoms with E-state index in [2.05, 4.69) is 29.8 Å². The number of likely N-dealkylation sites (N-methyl/N-ethyl adjacent to an activating group) is 1. The van der Waals surface area contributed by atoms with Crippen molar-refractivity contribution in [3.8, 4) is 0 Å². The summed E-state index contributed by atoms with van der Waals surface area (Å²) >= 11 is 0. The maximum absolute atomic E-state index is 14.0. The van der Waals surface area contributed by atoms with E-state index in [1.807, 2.05) is 48.5 Å². The molecule has 2 aliphatic rings. The number of carbonyl (C=O) groups excluding carboxylic acids is 7. The lowest BCUT2D eigenvalue weighted by atomic mass is 9.84. The van der Waals surface area contributed by atoms with Crippen LogP contribution in [-0.4, -0.2) is 89.2 Å². The molecule has 1 unspecified atom stereocenters. The van der Waals surface area contributed by atoms with Gasteiger partial charge in [-0.25, -0.2) is 4.79 Å². The second-order valence-electron chi connectivity index (χ2n) is 16.9. The third-order valence-electron chi connectivity index (χ3n) is 9.34. The van der Waals surface area contributed by atoms with Crippen LogP contribution in [0.25, 0.3) is 0 Å². The van der Waals surface area contributed by atoms with E-state index in [0.29, 0.717) is 24.9 Å². The fraction of sp³-hybridized carbons (Fsp3) is 0.683. The maximum atomic E-state index is 14.0. The Morgan fingerprint density at radius 2 is 1.49 bits per heavy atom. The summed E-state index contributed by atoms with van der Waals surface area (Å²) in [5, 5.41) is 8.36. The Labute approximate surface area is 316 Å². The van der Waals surface area contributed by atoms with E-state index in [4.69, 9.17) is 0 Å². The van der Waals surface area contributed by atoms with Gasteiger partial charge in [0, 0.05) is 51.4 Å². The summed E-state index contributed by atoms with van der Waals surface area (Å²) in [6.07, 6.45) is 2.94. The quantitative estimate of drug-likeness (QED) is 0.192. The predicted octanol–water partition coefficient (Wildman–Crippen LogP) is 5.39. The number of urea groups is 1. The zero-order valence-corrected chi connectivity index (χ0v) is 34.0. The van der Waals surface area contributed by atoms with Crippen LogP contribution in [0.4, 0.5) is 4.79 Å². The molecule has 1 saturated heterocycles. The highest BCUT2D eigenvalue weighted by atomic mass is 16.2. The minimum absolute atomic E-state index is 0.0146. The van der Waals surface area contributed by atoms with Gasteiger partial charge in [0.05, 0.1) is 6.04 Å². The van der Waals surface area contributed by atoms with E-state index >= 15 is 0 Å². The third-order valence-corrected chi connectivity index (χ3v) is 9.34. The number of hydrogen-bond donors (Lipinski definition) is 3. The lowest BCUT2D eigenvalue weighted by molar-refractivity contribution is -0.144. The molecule has 1 aliphatic heterocycles. The molecular weight excluding hydrogens is 674 g/mol. The zero-order chi connectivity index (χ0) is 40.3. The molecule has 296 valence electrons. The summed E-state index contributed by atoms with van der Waals surface area (Å²) in [5.74, 6) is -3.62. The molecule has 0 aromatic heterocycles. The Bertz CT molecular complexity index is 1450. The normalized spacial score (nSPS) is 19.3. The molecule has 3 rings (SSSR count). The van der Waals surface area contributed by atoms with Crippen molar-refractivity contribution >= 4 is 41.1 Å². The van der Waals surface area contributed by atoms with Gasteiger partial charge in [0.25, 0.3) is 0 Å². The summed E-state index contributed by atoms with van der Waals surface area (Å²) in [7, 11) is 3.17. The molecule has 12 heteroatoms. The van der Waals surface area contributed by atoms with E-state index < -0.39 is 58.5 Å². The molecule has 53 heavy (non-hydrogen) atoms. The van der Waals surface area contributed by atoms with Crippen molar-refractivity contribution in [3.63, 3.8) is 0 Å². The molecule has 1 aliphatic carbocycles. The molecule has 12 nitrogen and oxygen atoms in total. The highest BCUT2D eigenvalue weighted by Gasteiger charge is 2.58. The highest BCUT2D eigenvalue weighted by molar-refractivity contribution is 6.38. The molecule has 2 fully saturated rings. The smallest absolute Gasteiger partial charge is 0.315 e. The van der Waals surface area contributed by atoms with Crippen molar-refractivity contribution in [3.05, 3.63) is 35.9 Å². The minimum Gasteiger partial charge on any atom is -0.347 e. The molecule has 0 bridgehead atoms. The SMILES string of the molecule is CCC.CCCCC(CC(=O)[C@@H]1[C@H]2C[C@H]2CN1C(=O)[C@@H](NC(=O)NC(C)(C)C)C(C)(C)C)C(=O)C(=O)CCC(=O)N[C@H](C(=O)N(C)C)c1ccccc1. The molecule has 1 aromatic carbocycles. The highest BCUT2D eigenvalue weighted by Crippen LogP contribution is 2.50. The van der Waals surface area contributed by atoms with Gasteiger partial charge in [0.15, 0.2) is 11.6 Å². The number of hydrogen-bond acceptors (Lipinski definition) is 7. The number of likely N-dealkylation sites (tertiary alicyclic amines) is 1. The van der Waals surface area contributed by atoms with Crippen LogP contribution in [-0.2, 0) is 28.8 Å². The summed E-state index contributed by atoms with van der Waals surface area (Å²) in [5.41, 5.74) is -0.568. The first kappa shape index (κ1) is 45.1. The monoisotopic (exact) mass is 739 g/mol. The second kappa shape index (κ2) is 19.8. The van der Waals surface area contributed by atoms with E-state index in [1.165, 1.54) is 11.3 Å². The van der Waals surface area contributed by atoms with Crippen molar-refractivity contribution in [2.24, 2.45) is 23.2 Å². The first-order chi connectivity index (χ1) is 24.7. The first-order valence-electron chi connectivity index (χ1n) is 19.2. The van der Waals surface area contributed by atoms with Crippen LogP contribution in [0, 0.1) is 23.2 Å². The van der Waals surface area contributed by atoms with Crippen LogP contribution >= 0.6 is 0 Å². The summed E-state index contributed by atoms with van der Waals surface area (Å²) in [6, 6.07) is 5.72. The van der Waals surface area contributed by atoms with Gasteiger partial charge in [-0.2, -0.15) is 0 Å². The van der Waals surface area contributed by atoms with Crippen LogP contribution < -0.4 is 16.0 Å². The zero-order valence-electron chi connectivity index (χ0n) is 34.0. The molecular formula is C41H65N5O7. The van der Waals surface area contributed by atoms with E-state index in [0.717, 1.165) is 12.8 Å². The Morgan fingerprint density at radius 1 is 0.887 bits per heavy atom. The number of amides is 5. The summed E-state index contributed by atoms with van der Waals surface area (Å²) in [4.78, 5) is 96.1. The molecule has 1 aromatic rings. The van der Waals surface area contributed by atoms with Crippen LogP contribution in [0.5, 0.6) is 0 Å². The van der Waals surface area contributed by atoms with Crippen molar-refractivity contribution in [2.75, 3.05) is 20.6 Å². The van der Waals surface area contributed by atoms with E-state index in [9.17, 15) is 33.6 Å². The Balaban J connectivity index is 0.00000313. The summed E-state index contributed by atoms with van der Waals surface area (Å²) < 4.78 is 0. The number of Topliss-reactive ketones (excluding diaryl/α,β-unsaturated/α-hetero) is 3. The lowest BCUT2D eigenvalue weighted by Crippen LogP contribution is -2.60. The number of benzene rings is 1. The molecule has 5 amide bonds. The van der Waals surface area contributed by atoms with E-state index in [-0.39, 0.29) is 48.7 Å². The molecule has 1 saturated carbocycles. The van der Waals surface area contributed by atoms with Gasteiger partial charge in [0.2, 0.25) is 23.5 Å². The number of nitrogens with one attached hydrogen (secondary N) is 3. The topological polar surface area (TPSA) is 162 Å². The standard InChI is InChI=1S/C38H57N5O7.C3H8/c1-10-11-15-24(32(47)27(44)18-19-29(46)39-30(34(48)42(8)9)23-16-13-12-14-17-23)21-28(45)31-26-20-25(26)22-43(31)35(49)33(37(2,3)4)40-36(50)41-38(5,6)7;1-3-2/h12-14,16-17,24-26,30-31,33H,10-11,15,18-22H2,1-9H3,(H,39,46)(H2,40,41,50);3H2,1-2H3/t24?,25-,26-,30-,31-,33+;/m0./s1. The van der Waals surface area contributed by atoms with Gasteiger partial charge >= 0.3 is 6.03 Å².